The molecule has 1 N–H and O–H groups in total. The lowest BCUT2D eigenvalue weighted by Crippen LogP contribution is -2.52. The molecule has 0 spiro atoms. The smallest absolute Gasteiger partial charge is 0.269 e. The van der Waals surface area contributed by atoms with Gasteiger partial charge >= 0.3 is 0 Å². The highest BCUT2D eigenvalue weighted by Crippen LogP contribution is 2.27. The summed E-state index contributed by atoms with van der Waals surface area (Å²) in [5, 5.41) is 14.4. The van der Waals surface area contributed by atoms with Gasteiger partial charge in [0.25, 0.3) is 15.7 Å². The Morgan fingerprint density at radius 1 is 0.975 bits per heavy atom. The standard InChI is InChI=1S/C28H31ClN4O6S/c1-4-20(2)30-28(35)21(3)31(18-22-10-8-9-13-26(22)29)27(34)19-32(23-14-16-24(17-15-23)33(36)37)40(38,39)25-11-6-5-7-12-25/h5-17,20-21H,4,18-19H2,1-3H3,(H,30,35)/t20-,21-/m0/s1. The molecule has 10 nitrogen and oxygen atoms in total. The lowest BCUT2D eigenvalue weighted by Gasteiger charge is -2.32. The van der Waals surface area contributed by atoms with Crippen molar-refractivity contribution in [1.82, 2.24) is 10.2 Å². The van der Waals surface area contributed by atoms with Crippen molar-refractivity contribution in [2.75, 3.05) is 10.8 Å². The first-order valence-electron chi connectivity index (χ1n) is 12.6. The number of non-ortho nitro benzene ring substituents is 1. The first-order valence-corrected chi connectivity index (χ1v) is 14.4. The Bertz CT molecular complexity index is 1450. The second kappa shape index (κ2) is 13.4. The fraction of sp³-hybridized carbons (Fsp3) is 0.286. The maximum Gasteiger partial charge on any atom is 0.269 e. The summed E-state index contributed by atoms with van der Waals surface area (Å²) in [5.41, 5.74) is 0.397. The zero-order chi connectivity index (χ0) is 29.4. The third kappa shape index (κ3) is 7.36. The number of nitro groups is 1. The van der Waals surface area contributed by atoms with Crippen LogP contribution in [-0.2, 0) is 26.2 Å². The van der Waals surface area contributed by atoms with Crippen LogP contribution in [0.3, 0.4) is 0 Å². The van der Waals surface area contributed by atoms with Gasteiger partial charge in [-0.2, -0.15) is 0 Å². The topological polar surface area (TPSA) is 130 Å². The van der Waals surface area contributed by atoms with Crippen LogP contribution in [0.4, 0.5) is 11.4 Å². The van der Waals surface area contributed by atoms with Gasteiger partial charge in [0.05, 0.1) is 15.5 Å². The van der Waals surface area contributed by atoms with E-state index in [1.807, 2.05) is 13.8 Å². The van der Waals surface area contributed by atoms with Crippen LogP contribution in [0.2, 0.25) is 5.02 Å². The van der Waals surface area contributed by atoms with Crippen molar-refractivity contribution in [3.05, 3.63) is 99.6 Å². The first-order chi connectivity index (χ1) is 18.9. The highest BCUT2D eigenvalue weighted by atomic mass is 35.5. The highest BCUT2D eigenvalue weighted by molar-refractivity contribution is 7.92. The molecule has 0 saturated carbocycles. The summed E-state index contributed by atoms with van der Waals surface area (Å²) >= 11 is 6.36. The van der Waals surface area contributed by atoms with E-state index in [0.717, 1.165) is 16.4 Å². The number of hydrogen-bond acceptors (Lipinski definition) is 6. The second-order valence-corrected chi connectivity index (χ2v) is 11.5. The Morgan fingerprint density at radius 3 is 2.15 bits per heavy atom. The maximum absolute atomic E-state index is 13.9. The molecule has 0 radical (unpaired) electrons. The molecule has 12 heteroatoms. The zero-order valence-electron chi connectivity index (χ0n) is 22.4. The van der Waals surface area contributed by atoms with E-state index in [0.29, 0.717) is 17.0 Å². The van der Waals surface area contributed by atoms with Gasteiger partial charge in [0.2, 0.25) is 11.8 Å². The van der Waals surface area contributed by atoms with Crippen LogP contribution in [0.5, 0.6) is 0 Å². The number of carbonyl (C=O) groups excluding carboxylic acids is 2. The van der Waals surface area contributed by atoms with Crippen molar-refractivity contribution in [1.29, 1.82) is 0 Å². The van der Waals surface area contributed by atoms with Crippen LogP contribution in [-0.4, -0.2) is 48.7 Å². The van der Waals surface area contributed by atoms with Crippen molar-refractivity contribution in [3.63, 3.8) is 0 Å². The number of hydrogen-bond donors (Lipinski definition) is 1. The van der Waals surface area contributed by atoms with Crippen LogP contribution < -0.4 is 9.62 Å². The lowest BCUT2D eigenvalue weighted by atomic mass is 10.1. The van der Waals surface area contributed by atoms with E-state index in [1.165, 1.54) is 29.2 Å². The van der Waals surface area contributed by atoms with E-state index in [2.05, 4.69) is 5.32 Å². The predicted molar refractivity (Wildman–Crippen MR) is 153 cm³/mol. The molecular weight excluding hydrogens is 556 g/mol. The first kappa shape index (κ1) is 30.6. The monoisotopic (exact) mass is 586 g/mol. The minimum atomic E-state index is -4.28. The fourth-order valence-electron chi connectivity index (χ4n) is 3.85. The van der Waals surface area contributed by atoms with Crippen LogP contribution in [0.1, 0.15) is 32.8 Å². The Morgan fingerprint density at radius 2 is 1.57 bits per heavy atom. The van der Waals surface area contributed by atoms with Crippen molar-refractivity contribution in [2.24, 2.45) is 0 Å². The third-order valence-corrected chi connectivity index (χ3v) is 8.58. The summed E-state index contributed by atoms with van der Waals surface area (Å²) in [6, 6.07) is 18.2. The van der Waals surface area contributed by atoms with Crippen LogP contribution in [0.25, 0.3) is 0 Å². The van der Waals surface area contributed by atoms with Crippen molar-refractivity contribution in [3.8, 4) is 0 Å². The molecule has 0 aliphatic heterocycles. The van der Waals surface area contributed by atoms with Gasteiger partial charge in [0, 0.05) is 29.7 Å². The number of halogens is 1. The zero-order valence-corrected chi connectivity index (χ0v) is 23.9. The molecule has 3 rings (SSSR count). The summed E-state index contributed by atoms with van der Waals surface area (Å²) in [6.45, 7) is 4.61. The number of amides is 2. The van der Waals surface area contributed by atoms with E-state index in [9.17, 15) is 28.1 Å². The number of sulfonamides is 1. The molecule has 0 aliphatic rings. The molecule has 0 aromatic heterocycles. The molecule has 0 bridgehead atoms. The molecule has 2 amide bonds. The second-order valence-electron chi connectivity index (χ2n) is 9.21. The summed E-state index contributed by atoms with van der Waals surface area (Å²) in [4.78, 5) is 38.7. The number of nitro benzene ring substituents is 1. The normalized spacial score (nSPS) is 12.7. The molecule has 0 heterocycles. The SMILES string of the molecule is CC[C@H](C)NC(=O)[C@H](C)N(Cc1ccccc1Cl)C(=O)CN(c1ccc([N+](=O)[O-])cc1)S(=O)(=O)c1ccccc1. The quantitative estimate of drug-likeness (QED) is 0.240. The predicted octanol–water partition coefficient (Wildman–Crippen LogP) is 4.78. The highest BCUT2D eigenvalue weighted by Gasteiger charge is 2.33. The third-order valence-electron chi connectivity index (χ3n) is 6.43. The van der Waals surface area contributed by atoms with E-state index >= 15 is 0 Å². The summed E-state index contributed by atoms with van der Waals surface area (Å²) in [5.74, 6) is -1.06. The maximum atomic E-state index is 13.9. The van der Waals surface area contributed by atoms with E-state index in [4.69, 9.17) is 11.6 Å². The summed E-state index contributed by atoms with van der Waals surface area (Å²) in [7, 11) is -4.28. The Balaban J connectivity index is 2.04. The van der Waals surface area contributed by atoms with Gasteiger partial charge in [-0.3, -0.25) is 24.0 Å². The minimum Gasteiger partial charge on any atom is -0.352 e. The minimum absolute atomic E-state index is 0.0485. The van der Waals surface area contributed by atoms with Gasteiger partial charge in [0.15, 0.2) is 0 Å². The van der Waals surface area contributed by atoms with Crippen molar-refractivity contribution < 1.29 is 22.9 Å². The molecule has 0 fully saturated rings. The fourth-order valence-corrected chi connectivity index (χ4v) is 5.48. The van der Waals surface area contributed by atoms with Gasteiger partial charge in [0.1, 0.15) is 12.6 Å². The van der Waals surface area contributed by atoms with E-state index in [1.54, 1.807) is 49.4 Å². The Labute approximate surface area is 238 Å². The Hall–Kier alpha value is -3.96. The average molecular weight is 587 g/mol. The largest absolute Gasteiger partial charge is 0.352 e. The molecule has 2 atom stereocenters. The van der Waals surface area contributed by atoms with Gasteiger partial charge in [-0.05, 0) is 56.2 Å². The molecule has 0 unspecified atom stereocenters. The number of anilines is 1. The van der Waals surface area contributed by atoms with Crippen molar-refractivity contribution in [2.45, 2.75) is 50.7 Å². The molecule has 3 aromatic carbocycles. The van der Waals surface area contributed by atoms with Crippen LogP contribution in [0.15, 0.2) is 83.8 Å². The molecule has 40 heavy (non-hydrogen) atoms. The molecule has 3 aromatic rings. The molecule has 0 aliphatic carbocycles. The van der Waals surface area contributed by atoms with Crippen molar-refractivity contribution >= 4 is 44.8 Å². The summed E-state index contributed by atoms with van der Waals surface area (Å²) in [6.07, 6.45) is 0.681. The number of rotatable bonds is 12. The van der Waals surface area contributed by atoms with Gasteiger partial charge in [-0.25, -0.2) is 8.42 Å². The Kier molecular flexibility index (Phi) is 10.2. The number of benzene rings is 3. The van der Waals surface area contributed by atoms with Crippen LogP contribution >= 0.6 is 11.6 Å². The number of carbonyl (C=O) groups is 2. The number of nitrogens with zero attached hydrogens (tertiary/aromatic N) is 3. The summed E-state index contributed by atoms with van der Waals surface area (Å²) < 4.78 is 28.3. The van der Waals surface area contributed by atoms with E-state index < -0.39 is 39.3 Å². The average Bonchev–Trinajstić information content (AvgIpc) is 2.95. The van der Waals surface area contributed by atoms with Gasteiger partial charge in [-0.15, -0.1) is 0 Å². The lowest BCUT2D eigenvalue weighted by molar-refractivity contribution is -0.384. The number of nitrogens with one attached hydrogen (secondary N) is 1. The molecule has 0 saturated heterocycles. The molecular formula is C28H31ClN4O6S. The van der Waals surface area contributed by atoms with Gasteiger partial charge in [-0.1, -0.05) is 54.9 Å². The van der Waals surface area contributed by atoms with E-state index in [-0.39, 0.29) is 28.9 Å². The van der Waals surface area contributed by atoms with Gasteiger partial charge < -0.3 is 10.2 Å². The molecule has 212 valence electrons. The van der Waals surface area contributed by atoms with Crippen LogP contribution in [0, 0.1) is 10.1 Å².